The summed E-state index contributed by atoms with van der Waals surface area (Å²) >= 11 is 0. The monoisotopic (exact) mass is 259 g/mol. The third-order valence-corrected chi connectivity index (χ3v) is 2.91. The highest BCUT2D eigenvalue weighted by Gasteiger charge is 2.17. The van der Waals surface area contributed by atoms with Crippen LogP contribution in [0.15, 0.2) is 30.7 Å². The van der Waals surface area contributed by atoms with Crippen LogP contribution in [0.5, 0.6) is 0 Å². The van der Waals surface area contributed by atoms with Crippen LogP contribution in [0.3, 0.4) is 0 Å². The first-order valence-corrected chi connectivity index (χ1v) is 6.00. The Morgan fingerprint density at radius 3 is 3.00 bits per heavy atom. The second-order valence-corrected chi connectivity index (χ2v) is 4.41. The van der Waals surface area contributed by atoms with Crippen molar-refractivity contribution in [1.82, 2.24) is 20.1 Å². The number of aryl methyl sites for hydroxylation is 2. The molecular weight excluding hydrogens is 242 g/mol. The van der Waals surface area contributed by atoms with Gasteiger partial charge in [-0.3, -0.25) is 14.5 Å². The summed E-state index contributed by atoms with van der Waals surface area (Å²) in [5.41, 5.74) is 8.44. The average molecular weight is 259 g/mol. The molecule has 2 aromatic heterocycles. The average Bonchev–Trinajstić information content (AvgIpc) is 2.83. The molecule has 2 heterocycles. The number of nitrogens with one attached hydrogen (secondary N) is 1. The number of nitrogens with two attached hydrogens (primary N) is 1. The summed E-state index contributed by atoms with van der Waals surface area (Å²) in [5.74, 6) is -0.238. The van der Waals surface area contributed by atoms with E-state index in [1.807, 2.05) is 19.1 Å². The summed E-state index contributed by atoms with van der Waals surface area (Å²) in [6.45, 7) is 2.33. The van der Waals surface area contributed by atoms with E-state index < -0.39 is 6.04 Å². The molecule has 1 unspecified atom stereocenters. The number of hydrogen-bond donors (Lipinski definition) is 2. The van der Waals surface area contributed by atoms with Gasteiger partial charge in [0.05, 0.1) is 18.4 Å². The van der Waals surface area contributed by atoms with E-state index in [9.17, 15) is 4.79 Å². The van der Waals surface area contributed by atoms with Crippen LogP contribution >= 0.6 is 0 Å². The van der Waals surface area contributed by atoms with Crippen LogP contribution in [0.1, 0.15) is 22.9 Å². The van der Waals surface area contributed by atoms with Gasteiger partial charge in [0.1, 0.15) is 6.04 Å². The van der Waals surface area contributed by atoms with Gasteiger partial charge in [0.25, 0.3) is 0 Å². The highest BCUT2D eigenvalue weighted by atomic mass is 16.2. The number of amides is 1. The Morgan fingerprint density at radius 1 is 1.58 bits per heavy atom. The molecule has 2 aromatic rings. The van der Waals surface area contributed by atoms with E-state index in [0.29, 0.717) is 12.1 Å². The van der Waals surface area contributed by atoms with E-state index in [1.165, 1.54) is 0 Å². The third kappa shape index (κ3) is 3.17. The van der Waals surface area contributed by atoms with Crippen molar-refractivity contribution in [2.24, 2.45) is 12.8 Å². The highest BCUT2D eigenvalue weighted by Crippen LogP contribution is 2.09. The fourth-order valence-electron chi connectivity index (χ4n) is 1.74. The quantitative estimate of drug-likeness (QED) is 0.834. The molecule has 1 atom stereocenters. The first-order chi connectivity index (χ1) is 9.08. The molecule has 6 nitrogen and oxygen atoms in total. The molecular formula is C13H17N5O. The molecule has 0 aliphatic carbocycles. The molecule has 0 aliphatic rings. The maximum Gasteiger partial charge on any atom is 0.241 e. The predicted octanol–water partition coefficient (Wildman–Crippen LogP) is 0.440. The maximum atomic E-state index is 11.9. The van der Waals surface area contributed by atoms with Gasteiger partial charge >= 0.3 is 0 Å². The molecule has 1 amide bonds. The smallest absolute Gasteiger partial charge is 0.241 e. The number of pyridine rings is 1. The third-order valence-electron chi connectivity index (χ3n) is 2.91. The first-order valence-electron chi connectivity index (χ1n) is 6.00. The van der Waals surface area contributed by atoms with E-state index in [2.05, 4.69) is 15.4 Å². The standard InChI is InChI=1S/C13H17N5O/c1-9-4-3-5-15-11(9)7-16-13(19)12(14)10-6-17-18(2)8-10/h3-6,8,12H,7,14H2,1-2H3,(H,16,19). The fraction of sp³-hybridized carbons (Fsp3) is 0.308. The van der Waals surface area contributed by atoms with E-state index in [1.54, 1.807) is 30.3 Å². The van der Waals surface area contributed by atoms with Gasteiger partial charge in [0.2, 0.25) is 5.91 Å². The van der Waals surface area contributed by atoms with Crippen LogP contribution in [0.4, 0.5) is 0 Å². The van der Waals surface area contributed by atoms with Crippen molar-refractivity contribution < 1.29 is 4.79 Å². The van der Waals surface area contributed by atoms with Gasteiger partial charge in [-0.2, -0.15) is 5.10 Å². The SMILES string of the molecule is Cc1cccnc1CNC(=O)C(N)c1cnn(C)c1. The van der Waals surface area contributed by atoms with E-state index in [0.717, 1.165) is 11.3 Å². The lowest BCUT2D eigenvalue weighted by atomic mass is 10.1. The molecule has 0 aromatic carbocycles. The molecule has 2 rings (SSSR count). The molecule has 6 heteroatoms. The Morgan fingerprint density at radius 2 is 2.37 bits per heavy atom. The zero-order chi connectivity index (χ0) is 13.8. The molecule has 0 saturated carbocycles. The molecule has 0 saturated heterocycles. The van der Waals surface area contributed by atoms with Gasteiger partial charge in [0, 0.05) is 25.0 Å². The number of carbonyl (C=O) groups excluding carboxylic acids is 1. The van der Waals surface area contributed by atoms with Crippen molar-refractivity contribution in [2.75, 3.05) is 0 Å². The molecule has 0 aliphatic heterocycles. The summed E-state index contributed by atoms with van der Waals surface area (Å²) in [4.78, 5) is 16.2. The minimum absolute atomic E-state index is 0.238. The summed E-state index contributed by atoms with van der Waals surface area (Å²) in [6.07, 6.45) is 5.03. The molecule has 0 radical (unpaired) electrons. The summed E-state index contributed by atoms with van der Waals surface area (Å²) in [7, 11) is 1.78. The Labute approximate surface area is 111 Å². The summed E-state index contributed by atoms with van der Waals surface area (Å²) < 4.78 is 1.62. The topological polar surface area (TPSA) is 85.8 Å². The Kier molecular flexibility index (Phi) is 3.91. The van der Waals surface area contributed by atoms with E-state index >= 15 is 0 Å². The zero-order valence-corrected chi connectivity index (χ0v) is 11.0. The molecule has 0 bridgehead atoms. The van der Waals surface area contributed by atoms with Crippen LogP contribution in [0, 0.1) is 6.92 Å². The molecule has 0 spiro atoms. The minimum atomic E-state index is -0.710. The number of hydrogen-bond acceptors (Lipinski definition) is 4. The Balaban J connectivity index is 1.96. The number of carbonyl (C=O) groups is 1. The van der Waals surface area contributed by atoms with Crippen LogP contribution in [0.25, 0.3) is 0 Å². The van der Waals surface area contributed by atoms with Crippen molar-refractivity contribution in [3.63, 3.8) is 0 Å². The van der Waals surface area contributed by atoms with Crippen molar-refractivity contribution in [2.45, 2.75) is 19.5 Å². The largest absolute Gasteiger partial charge is 0.349 e. The van der Waals surface area contributed by atoms with Crippen LogP contribution in [-0.4, -0.2) is 20.7 Å². The molecule has 100 valence electrons. The van der Waals surface area contributed by atoms with Crippen LogP contribution in [0.2, 0.25) is 0 Å². The number of aromatic nitrogens is 3. The number of nitrogens with zero attached hydrogens (tertiary/aromatic N) is 3. The fourth-order valence-corrected chi connectivity index (χ4v) is 1.74. The molecule has 19 heavy (non-hydrogen) atoms. The second kappa shape index (κ2) is 5.62. The van der Waals surface area contributed by atoms with Crippen molar-refractivity contribution >= 4 is 5.91 Å². The van der Waals surface area contributed by atoms with E-state index in [-0.39, 0.29) is 5.91 Å². The summed E-state index contributed by atoms with van der Waals surface area (Å²) in [6, 6.07) is 3.11. The van der Waals surface area contributed by atoms with Crippen molar-refractivity contribution in [1.29, 1.82) is 0 Å². The number of rotatable bonds is 4. The predicted molar refractivity (Wildman–Crippen MR) is 71.0 cm³/mol. The van der Waals surface area contributed by atoms with E-state index in [4.69, 9.17) is 5.73 Å². The Bertz CT molecular complexity index is 578. The first kappa shape index (κ1) is 13.2. The molecule has 3 N–H and O–H groups in total. The molecule has 0 fully saturated rings. The van der Waals surface area contributed by atoms with Gasteiger partial charge < -0.3 is 11.1 Å². The van der Waals surface area contributed by atoms with Crippen LogP contribution in [-0.2, 0) is 18.4 Å². The Hall–Kier alpha value is -2.21. The van der Waals surface area contributed by atoms with Gasteiger partial charge in [-0.15, -0.1) is 0 Å². The normalized spacial score (nSPS) is 12.2. The van der Waals surface area contributed by atoms with Gasteiger partial charge in [-0.25, -0.2) is 0 Å². The van der Waals surface area contributed by atoms with Crippen molar-refractivity contribution in [3.05, 3.63) is 47.5 Å². The van der Waals surface area contributed by atoms with Crippen molar-refractivity contribution in [3.8, 4) is 0 Å². The minimum Gasteiger partial charge on any atom is -0.349 e. The lowest BCUT2D eigenvalue weighted by molar-refractivity contribution is -0.122. The highest BCUT2D eigenvalue weighted by molar-refractivity contribution is 5.82. The zero-order valence-electron chi connectivity index (χ0n) is 11.0. The lowest BCUT2D eigenvalue weighted by Gasteiger charge is -2.11. The second-order valence-electron chi connectivity index (χ2n) is 4.41. The van der Waals surface area contributed by atoms with Gasteiger partial charge in [-0.1, -0.05) is 6.07 Å². The maximum absolute atomic E-state index is 11.9. The van der Waals surface area contributed by atoms with Gasteiger partial charge in [0.15, 0.2) is 0 Å². The lowest BCUT2D eigenvalue weighted by Crippen LogP contribution is -2.33. The van der Waals surface area contributed by atoms with Crippen LogP contribution < -0.4 is 11.1 Å². The summed E-state index contributed by atoms with van der Waals surface area (Å²) in [5, 5.41) is 6.78. The van der Waals surface area contributed by atoms with Gasteiger partial charge in [-0.05, 0) is 18.6 Å².